The first-order chi connectivity index (χ1) is 8.72. The molecule has 1 heterocycles. The van der Waals surface area contributed by atoms with E-state index >= 15 is 0 Å². The molecule has 0 amide bonds. The van der Waals surface area contributed by atoms with E-state index in [9.17, 15) is 4.39 Å². The van der Waals surface area contributed by atoms with Crippen LogP contribution in [-0.4, -0.2) is 11.5 Å². The van der Waals surface area contributed by atoms with Crippen molar-refractivity contribution in [3.63, 3.8) is 0 Å². The minimum atomic E-state index is -0.155. The van der Waals surface area contributed by atoms with E-state index in [1.807, 2.05) is 23.8 Å². The van der Waals surface area contributed by atoms with E-state index in [2.05, 4.69) is 17.2 Å². The van der Waals surface area contributed by atoms with Crippen molar-refractivity contribution in [1.29, 1.82) is 0 Å². The van der Waals surface area contributed by atoms with Crippen LogP contribution < -0.4 is 5.32 Å². The molecule has 0 spiro atoms. The lowest BCUT2D eigenvalue weighted by Gasteiger charge is -2.18. The van der Waals surface area contributed by atoms with Crippen LogP contribution >= 0.6 is 11.3 Å². The molecule has 96 valence electrons. The van der Waals surface area contributed by atoms with Gasteiger partial charge < -0.3 is 5.32 Å². The van der Waals surface area contributed by atoms with Gasteiger partial charge in [0, 0.05) is 11.1 Å². The average Bonchev–Trinajstić information content (AvgIpc) is 2.88. The van der Waals surface area contributed by atoms with Crippen molar-refractivity contribution in [2.24, 2.45) is 0 Å². The molecule has 1 unspecified atom stereocenters. The summed E-state index contributed by atoms with van der Waals surface area (Å²) in [4.78, 5) is 5.28. The number of thiazole rings is 1. The van der Waals surface area contributed by atoms with Crippen LogP contribution in [0.5, 0.6) is 0 Å². The second-order valence-electron chi connectivity index (χ2n) is 4.30. The van der Waals surface area contributed by atoms with E-state index in [-0.39, 0.29) is 11.9 Å². The predicted octanol–water partition coefficient (Wildman–Crippen LogP) is 3.68. The average molecular weight is 264 g/mol. The summed E-state index contributed by atoms with van der Waals surface area (Å²) in [6, 6.07) is 5.39. The minimum Gasteiger partial charge on any atom is -0.306 e. The van der Waals surface area contributed by atoms with Crippen molar-refractivity contribution in [3.05, 3.63) is 51.7 Å². The first kappa shape index (κ1) is 13.2. The number of benzene rings is 1. The number of nitrogens with zero attached hydrogens (tertiary/aromatic N) is 1. The summed E-state index contributed by atoms with van der Waals surface area (Å²) in [5.74, 6) is -0.155. The molecule has 0 aliphatic heterocycles. The predicted molar refractivity (Wildman–Crippen MR) is 73.4 cm³/mol. The first-order valence-electron chi connectivity index (χ1n) is 6.10. The Morgan fingerprint density at radius 3 is 2.89 bits per heavy atom. The van der Waals surface area contributed by atoms with Crippen molar-refractivity contribution in [3.8, 4) is 0 Å². The monoisotopic (exact) mass is 264 g/mol. The van der Waals surface area contributed by atoms with Crippen LogP contribution in [0.4, 0.5) is 4.39 Å². The molecule has 1 aromatic heterocycles. The number of aryl methyl sites for hydroxylation is 1. The summed E-state index contributed by atoms with van der Waals surface area (Å²) in [5.41, 5.74) is 3.60. The summed E-state index contributed by atoms with van der Waals surface area (Å²) in [6.07, 6.45) is 2.94. The first-order valence-corrected chi connectivity index (χ1v) is 6.98. The Morgan fingerprint density at radius 1 is 1.44 bits per heavy atom. The smallest absolute Gasteiger partial charge is 0.126 e. The maximum Gasteiger partial charge on any atom is 0.126 e. The van der Waals surface area contributed by atoms with Crippen LogP contribution in [0.2, 0.25) is 0 Å². The third-order valence-electron chi connectivity index (χ3n) is 2.85. The number of halogens is 1. The molecular weight excluding hydrogens is 247 g/mol. The number of rotatable bonds is 5. The molecule has 0 aliphatic carbocycles. The molecule has 2 aromatic rings. The van der Waals surface area contributed by atoms with Crippen molar-refractivity contribution in [2.45, 2.75) is 26.3 Å². The van der Waals surface area contributed by atoms with Gasteiger partial charge in [-0.1, -0.05) is 19.1 Å². The zero-order valence-electron chi connectivity index (χ0n) is 10.6. The fraction of sp³-hybridized carbons (Fsp3) is 0.357. The lowest BCUT2D eigenvalue weighted by molar-refractivity contribution is 0.595. The zero-order chi connectivity index (χ0) is 13.0. The summed E-state index contributed by atoms with van der Waals surface area (Å²) in [5, 5.41) is 3.48. The lowest BCUT2D eigenvalue weighted by Crippen LogP contribution is -2.22. The standard InChI is InChI=1S/C14H17FN2S/c1-3-6-17-14(13-8-16-9-18-13)11-4-5-12(15)10(2)7-11/h4-5,7-9,14,17H,3,6H2,1-2H3. The van der Waals surface area contributed by atoms with Gasteiger partial charge in [0.15, 0.2) is 0 Å². The van der Waals surface area contributed by atoms with Gasteiger partial charge in [0.2, 0.25) is 0 Å². The van der Waals surface area contributed by atoms with Gasteiger partial charge in [-0.05, 0) is 37.1 Å². The largest absolute Gasteiger partial charge is 0.306 e. The van der Waals surface area contributed by atoms with E-state index in [0.717, 1.165) is 23.4 Å². The van der Waals surface area contributed by atoms with Crippen LogP contribution in [0, 0.1) is 12.7 Å². The van der Waals surface area contributed by atoms with E-state index in [1.165, 1.54) is 6.07 Å². The fourth-order valence-corrected chi connectivity index (χ4v) is 2.61. The van der Waals surface area contributed by atoms with Gasteiger partial charge in [-0.25, -0.2) is 4.39 Å². The summed E-state index contributed by atoms with van der Waals surface area (Å²) in [6.45, 7) is 4.86. The van der Waals surface area contributed by atoms with Crippen molar-refractivity contribution >= 4 is 11.3 Å². The molecule has 1 aromatic carbocycles. The maximum atomic E-state index is 13.3. The summed E-state index contributed by atoms with van der Waals surface area (Å²) < 4.78 is 13.3. The maximum absolute atomic E-state index is 13.3. The normalized spacial score (nSPS) is 12.6. The van der Waals surface area contributed by atoms with Gasteiger partial charge in [0.05, 0.1) is 11.6 Å². The van der Waals surface area contributed by atoms with Gasteiger partial charge in [0.1, 0.15) is 5.82 Å². The van der Waals surface area contributed by atoms with Gasteiger partial charge in [0.25, 0.3) is 0 Å². The Morgan fingerprint density at radius 2 is 2.28 bits per heavy atom. The molecule has 0 aliphatic rings. The second-order valence-corrected chi connectivity index (χ2v) is 5.22. The van der Waals surface area contributed by atoms with Gasteiger partial charge in [-0.2, -0.15) is 0 Å². The topological polar surface area (TPSA) is 24.9 Å². The third kappa shape index (κ3) is 2.94. The Hall–Kier alpha value is -1.26. The molecule has 4 heteroatoms. The van der Waals surface area contributed by atoms with Crippen LogP contribution in [0.25, 0.3) is 0 Å². The highest BCUT2D eigenvalue weighted by atomic mass is 32.1. The molecule has 0 bridgehead atoms. The number of nitrogens with one attached hydrogen (secondary N) is 1. The molecule has 0 radical (unpaired) electrons. The number of hydrogen-bond donors (Lipinski definition) is 1. The van der Waals surface area contributed by atoms with Crippen LogP contribution in [0.15, 0.2) is 29.9 Å². The highest BCUT2D eigenvalue weighted by molar-refractivity contribution is 7.09. The molecule has 1 atom stereocenters. The number of hydrogen-bond acceptors (Lipinski definition) is 3. The minimum absolute atomic E-state index is 0.108. The molecule has 0 saturated heterocycles. The highest BCUT2D eigenvalue weighted by Crippen LogP contribution is 2.26. The van der Waals surface area contributed by atoms with Crippen molar-refractivity contribution in [2.75, 3.05) is 6.54 Å². The van der Waals surface area contributed by atoms with Gasteiger partial charge in [-0.15, -0.1) is 11.3 Å². The zero-order valence-corrected chi connectivity index (χ0v) is 11.4. The Kier molecular flexibility index (Phi) is 4.44. The lowest BCUT2D eigenvalue weighted by atomic mass is 10.0. The van der Waals surface area contributed by atoms with Gasteiger partial charge >= 0.3 is 0 Å². The van der Waals surface area contributed by atoms with Crippen LogP contribution in [0.1, 0.15) is 35.4 Å². The van der Waals surface area contributed by atoms with Crippen molar-refractivity contribution in [1.82, 2.24) is 10.3 Å². The van der Waals surface area contributed by atoms with Gasteiger partial charge in [-0.3, -0.25) is 4.98 Å². The molecule has 1 N–H and O–H groups in total. The molecule has 2 nitrogen and oxygen atoms in total. The van der Waals surface area contributed by atoms with Crippen LogP contribution in [-0.2, 0) is 0 Å². The molecule has 0 saturated carbocycles. The Balaban J connectivity index is 2.30. The molecule has 2 rings (SSSR count). The second kappa shape index (κ2) is 6.07. The van der Waals surface area contributed by atoms with E-state index in [4.69, 9.17) is 0 Å². The summed E-state index contributed by atoms with van der Waals surface area (Å²) >= 11 is 1.62. The Bertz CT molecular complexity index is 497. The number of aromatic nitrogens is 1. The van der Waals surface area contributed by atoms with E-state index in [1.54, 1.807) is 18.3 Å². The summed E-state index contributed by atoms with van der Waals surface area (Å²) in [7, 11) is 0. The van der Waals surface area contributed by atoms with E-state index < -0.39 is 0 Å². The highest BCUT2D eigenvalue weighted by Gasteiger charge is 2.15. The quantitative estimate of drug-likeness (QED) is 0.891. The molecule has 18 heavy (non-hydrogen) atoms. The van der Waals surface area contributed by atoms with E-state index in [0.29, 0.717) is 5.56 Å². The fourth-order valence-electron chi connectivity index (χ4n) is 1.89. The molecule has 0 fully saturated rings. The third-order valence-corrected chi connectivity index (χ3v) is 3.69. The van der Waals surface area contributed by atoms with Crippen LogP contribution in [0.3, 0.4) is 0 Å². The molecular formula is C14H17FN2S. The Labute approximate surface area is 111 Å². The SMILES string of the molecule is CCCNC(c1ccc(F)c(C)c1)c1cncs1. The van der Waals surface area contributed by atoms with Crippen molar-refractivity contribution < 1.29 is 4.39 Å².